The van der Waals surface area contributed by atoms with E-state index in [-0.39, 0.29) is 0 Å². The molecule has 0 unspecified atom stereocenters. The molecule has 0 aliphatic heterocycles. The van der Waals surface area contributed by atoms with Crippen LogP contribution < -0.4 is 0 Å². The molecule has 0 aliphatic carbocycles. The Kier molecular flexibility index (Phi) is 16.3. The van der Waals surface area contributed by atoms with Gasteiger partial charge in [-0.1, -0.05) is 255 Å². The molecule has 508 valence electrons. The maximum Gasteiger partial charge on any atom is 0.164 e. The number of rotatable bonds is 10. The third-order valence-electron chi connectivity index (χ3n) is 21.2. The second-order valence-corrected chi connectivity index (χ2v) is 27.6. The maximum atomic E-state index is 5.42. The predicted molar refractivity (Wildman–Crippen MR) is 446 cm³/mol. The number of hydrogen-bond acceptors (Lipinski definition) is 9. The van der Waals surface area contributed by atoms with Gasteiger partial charge in [0.05, 0.1) is 44.8 Å². The standard InChI is InChI=1S/C50H34N4.C49H33N5/c1-31-46-42-17-7-9-19-44(42)54-50(48(46)32(2)45-41-16-6-8-18-43(41)53-49(47(31)45)34-12-4-3-5-13-34)35-22-20-33(21-23-35)38-26-39(36-14-10-24-51-29-36)28-40(27-38)37-15-11-25-52-30-37;1-30-42-38-23-13-15-25-40(38)51-46(44(42)31(2)41-37-22-12-14-24-39(37)50-45(43(30)41)32-16-6-3-7-17-32)33-26-28-36(29-27-33)49-53-47(34-18-8-4-9-19-34)52-48(54-49)35-20-10-5-11-21-35/h3-30H,1-2H3;3-29H,1-2H3. The Bertz CT molecular complexity index is 6370. The first-order valence-corrected chi connectivity index (χ1v) is 36.5. The summed E-state index contributed by atoms with van der Waals surface area (Å²) >= 11 is 0. The lowest BCUT2D eigenvalue weighted by Crippen LogP contribution is -2.00. The molecule has 0 N–H and O–H groups in total. The molecule has 0 bridgehead atoms. The molecule has 7 aromatic heterocycles. The van der Waals surface area contributed by atoms with Crippen molar-refractivity contribution in [3.05, 3.63) is 356 Å². The van der Waals surface area contributed by atoms with Gasteiger partial charge in [0.15, 0.2) is 17.5 Å². The number of fused-ring (bicyclic) bond motifs is 12. The number of para-hydroxylation sites is 4. The van der Waals surface area contributed by atoms with Gasteiger partial charge < -0.3 is 0 Å². The van der Waals surface area contributed by atoms with Crippen molar-refractivity contribution in [1.29, 1.82) is 0 Å². The molecule has 0 saturated carbocycles. The van der Waals surface area contributed by atoms with Crippen LogP contribution >= 0.6 is 0 Å². The van der Waals surface area contributed by atoms with Crippen molar-refractivity contribution in [2.24, 2.45) is 0 Å². The molecule has 0 fully saturated rings. The minimum absolute atomic E-state index is 0.621. The normalized spacial score (nSPS) is 11.5. The van der Waals surface area contributed by atoms with Crippen molar-refractivity contribution in [1.82, 2.24) is 44.9 Å². The Morgan fingerprint density at radius 1 is 0.176 bits per heavy atom. The monoisotopic (exact) mass is 1380 g/mol. The van der Waals surface area contributed by atoms with Crippen molar-refractivity contribution < 1.29 is 0 Å². The average molecular weight is 1380 g/mol. The number of aryl methyl sites for hydroxylation is 4. The van der Waals surface area contributed by atoms with Crippen LogP contribution in [0.4, 0.5) is 0 Å². The second kappa shape index (κ2) is 27.2. The van der Waals surface area contributed by atoms with Crippen LogP contribution in [0.3, 0.4) is 0 Å². The van der Waals surface area contributed by atoms with Gasteiger partial charge in [-0.2, -0.15) is 0 Å². The Labute approximate surface area is 624 Å². The Morgan fingerprint density at radius 3 is 0.704 bits per heavy atom. The molecule has 0 spiro atoms. The third-order valence-corrected chi connectivity index (χ3v) is 21.2. The number of hydrogen-bond donors (Lipinski definition) is 0. The lowest BCUT2D eigenvalue weighted by atomic mass is 9.86. The zero-order valence-corrected chi connectivity index (χ0v) is 59.8. The van der Waals surface area contributed by atoms with E-state index in [2.05, 4.69) is 274 Å². The molecule has 0 radical (unpaired) electrons. The summed E-state index contributed by atoms with van der Waals surface area (Å²) in [7, 11) is 0. The number of aromatic nitrogens is 9. The Hall–Kier alpha value is -14.2. The van der Waals surface area contributed by atoms with Gasteiger partial charge in [-0.05, 0) is 148 Å². The van der Waals surface area contributed by atoms with Gasteiger partial charge in [0.2, 0.25) is 0 Å². The van der Waals surface area contributed by atoms with Gasteiger partial charge in [-0.25, -0.2) is 34.9 Å². The van der Waals surface area contributed by atoms with Gasteiger partial charge >= 0.3 is 0 Å². The van der Waals surface area contributed by atoms with Crippen molar-refractivity contribution >= 4 is 86.7 Å². The topological polar surface area (TPSA) is 116 Å². The summed E-state index contributed by atoms with van der Waals surface area (Å²) in [5.74, 6) is 1.90. The van der Waals surface area contributed by atoms with Crippen LogP contribution in [-0.4, -0.2) is 44.9 Å². The molecule has 0 atom stereocenters. The molecule has 7 heterocycles. The highest BCUT2D eigenvalue weighted by molar-refractivity contribution is 6.27. The summed E-state index contributed by atoms with van der Waals surface area (Å²) < 4.78 is 0. The van der Waals surface area contributed by atoms with E-state index in [1.807, 2.05) is 97.6 Å². The number of nitrogens with zero attached hydrogens (tertiary/aromatic N) is 9. The predicted octanol–water partition coefficient (Wildman–Crippen LogP) is 25.1. The zero-order valence-electron chi connectivity index (χ0n) is 59.8. The van der Waals surface area contributed by atoms with E-state index in [0.29, 0.717) is 17.5 Å². The van der Waals surface area contributed by atoms with E-state index in [1.165, 1.54) is 60.0 Å². The molecule has 13 aromatic carbocycles. The summed E-state index contributed by atoms with van der Waals surface area (Å²) in [6.45, 7) is 9.04. The van der Waals surface area contributed by atoms with Crippen molar-refractivity contribution in [3.8, 4) is 113 Å². The van der Waals surface area contributed by atoms with Crippen molar-refractivity contribution in [2.45, 2.75) is 27.7 Å². The smallest absolute Gasteiger partial charge is 0.164 e. The molecule has 20 aromatic rings. The summed E-state index contributed by atoms with van der Waals surface area (Å²) in [6, 6.07) is 108. The SMILES string of the molecule is Cc1c2c(-c3ccc(-c4cc(-c5cccnc5)cc(-c5cccnc5)c4)cc3)nc3ccccc3c2c(C)c2c(-c3ccccc3)nc3ccccc3c12.Cc1c2c(-c3ccc(-c4nc(-c5ccccc5)nc(-c5ccccc5)n4)cc3)nc3ccccc3c2c(C)c2c(-c3ccccc3)nc3ccccc3c12. The first-order valence-electron chi connectivity index (χ1n) is 36.5. The van der Waals surface area contributed by atoms with Gasteiger partial charge in [0, 0.05) is 118 Å². The number of benzene rings is 13. The zero-order chi connectivity index (χ0) is 72.3. The fourth-order valence-electron chi connectivity index (χ4n) is 16.1. The van der Waals surface area contributed by atoms with Crippen LogP contribution in [0, 0.1) is 27.7 Å². The molecular weight excluding hydrogens is 1320 g/mol. The van der Waals surface area contributed by atoms with E-state index in [9.17, 15) is 0 Å². The van der Waals surface area contributed by atoms with Crippen LogP contribution in [0.15, 0.2) is 334 Å². The lowest BCUT2D eigenvalue weighted by molar-refractivity contribution is 1.07. The summed E-state index contributed by atoms with van der Waals surface area (Å²) in [4.78, 5) is 45.1. The van der Waals surface area contributed by atoms with Crippen LogP contribution in [0.2, 0.25) is 0 Å². The fourth-order valence-corrected chi connectivity index (χ4v) is 16.1. The van der Waals surface area contributed by atoms with Gasteiger partial charge in [0.25, 0.3) is 0 Å². The largest absolute Gasteiger partial charge is 0.264 e. The van der Waals surface area contributed by atoms with Crippen LogP contribution in [-0.2, 0) is 0 Å². The first kappa shape index (κ1) is 64.7. The van der Waals surface area contributed by atoms with Crippen molar-refractivity contribution in [2.75, 3.05) is 0 Å². The molecule has 0 aliphatic rings. The van der Waals surface area contributed by atoms with Gasteiger partial charge in [-0.3, -0.25) is 9.97 Å². The van der Waals surface area contributed by atoms with Crippen LogP contribution in [0.25, 0.3) is 199 Å². The number of pyridine rings is 6. The van der Waals surface area contributed by atoms with E-state index in [1.54, 1.807) is 0 Å². The van der Waals surface area contributed by atoms with E-state index < -0.39 is 0 Å². The molecule has 0 saturated heterocycles. The Balaban J connectivity index is 0.000000147. The minimum atomic E-state index is 0.621. The van der Waals surface area contributed by atoms with E-state index in [0.717, 1.165) is 144 Å². The molecule has 9 heteroatoms. The third kappa shape index (κ3) is 11.4. The van der Waals surface area contributed by atoms with E-state index in [4.69, 9.17) is 34.9 Å². The van der Waals surface area contributed by atoms with Gasteiger partial charge in [0.1, 0.15) is 0 Å². The van der Waals surface area contributed by atoms with Crippen molar-refractivity contribution in [3.63, 3.8) is 0 Å². The molecular formula is C99H67N9. The Morgan fingerprint density at radius 2 is 0.407 bits per heavy atom. The molecule has 9 nitrogen and oxygen atoms in total. The fraction of sp³-hybridized carbons (Fsp3) is 0.0404. The quantitative estimate of drug-likeness (QED) is 0.0975. The summed E-state index contributed by atoms with van der Waals surface area (Å²) in [5, 5.41) is 14.2. The first-order chi connectivity index (χ1) is 53.2. The highest BCUT2D eigenvalue weighted by atomic mass is 15.0. The van der Waals surface area contributed by atoms with Crippen LogP contribution in [0.1, 0.15) is 22.3 Å². The molecule has 108 heavy (non-hydrogen) atoms. The molecule has 20 rings (SSSR count). The average Bonchev–Trinajstić information content (AvgIpc) is 0.712. The van der Waals surface area contributed by atoms with Gasteiger partial charge in [-0.15, -0.1) is 0 Å². The van der Waals surface area contributed by atoms with Crippen LogP contribution in [0.5, 0.6) is 0 Å². The highest BCUT2D eigenvalue weighted by Crippen LogP contribution is 2.49. The molecule has 0 amide bonds. The summed E-state index contributed by atoms with van der Waals surface area (Å²) in [5.41, 5.74) is 26.4. The minimum Gasteiger partial charge on any atom is -0.264 e. The van der Waals surface area contributed by atoms with E-state index >= 15 is 0 Å². The second-order valence-electron chi connectivity index (χ2n) is 27.6. The maximum absolute atomic E-state index is 5.42. The lowest BCUT2D eigenvalue weighted by Gasteiger charge is -2.21. The summed E-state index contributed by atoms with van der Waals surface area (Å²) in [6.07, 6.45) is 7.46. The highest BCUT2D eigenvalue weighted by Gasteiger charge is 2.26.